The first-order valence-corrected chi connectivity index (χ1v) is 6.46. The van der Waals surface area contributed by atoms with E-state index in [4.69, 9.17) is 15.2 Å². The highest BCUT2D eigenvalue weighted by Crippen LogP contribution is 2.21. The molecule has 0 amide bonds. The second kappa shape index (κ2) is 6.93. The van der Waals surface area contributed by atoms with E-state index in [-0.39, 0.29) is 6.61 Å². The van der Waals surface area contributed by atoms with Crippen LogP contribution < -0.4 is 15.2 Å². The van der Waals surface area contributed by atoms with Crippen LogP contribution in [0.4, 0.5) is 0 Å². The molecule has 0 bridgehead atoms. The summed E-state index contributed by atoms with van der Waals surface area (Å²) in [5.74, 6) is 1.39. The molecule has 1 atom stereocenters. The standard InChI is InChI=1S/C16H19NO3/c1-19-14-3-2-4-15(9-14)20-11-16(18)13-7-5-12(10-17)6-8-13/h2-9,16,18H,10-11,17H2,1H3. The van der Waals surface area contributed by atoms with Crippen molar-refractivity contribution in [2.24, 2.45) is 5.73 Å². The SMILES string of the molecule is COc1cccc(OCC(O)c2ccc(CN)cc2)c1. The van der Waals surface area contributed by atoms with Gasteiger partial charge in [-0.3, -0.25) is 0 Å². The van der Waals surface area contributed by atoms with Crippen molar-refractivity contribution >= 4 is 0 Å². The van der Waals surface area contributed by atoms with Crippen LogP contribution in [0.15, 0.2) is 48.5 Å². The smallest absolute Gasteiger partial charge is 0.123 e. The highest BCUT2D eigenvalue weighted by atomic mass is 16.5. The van der Waals surface area contributed by atoms with Gasteiger partial charge in [-0.05, 0) is 23.3 Å². The molecule has 106 valence electrons. The van der Waals surface area contributed by atoms with E-state index in [1.54, 1.807) is 13.2 Å². The monoisotopic (exact) mass is 273 g/mol. The Morgan fingerprint density at radius 2 is 1.80 bits per heavy atom. The van der Waals surface area contributed by atoms with Gasteiger partial charge in [-0.1, -0.05) is 30.3 Å². The topological polar surface area (TPSA) is 64.7 Å². The number of benzene rings is 2. The van der Waals surface area contributed by atoms with Gasteiger partial charge in [0.15, 0.2) is 0 Å². The fraction of sp³-hybridized carbons (Fsp3) is 0.250. The minimum Gasteiger partial charge on any atom is -0.497 e. The lowest BCUT2D eigenvalue weighted by Gasteiger charge is -2.13. The summed E-state index contributed by atoms with van der Waals surface area (Å²) in [6.07, 6.45) is -0.673. The lowest BCUT2D eigenvalue weighted by Crippen LogP contribution is -2.10. The van der Waals surface area contributed by atoms with Gasteiger partial charge in [-0.2, -0.15) is 0 Å². The summed E-state index contributed by atoms with van der Waals surface area (Å²) in [4.78, 5) is 0. The average molecular weight is 273 g/mol. The summed E-state index contributed by atoms with van der Waals surface area (Å²) >= 11 is 0. The summed E-state index contributed by atoms with van der Waals surface area (Å²) in [5, 5.41) is 10.1. The van der Waals surface area contributed by atoms with Crippen molar-refractivity contribution in [2.75, 3.05) is 13.7 Å². The second-order valence-electron chi connectivity index (χ2n) is 4.45. The van der Waals surface area contributed by atoms with E-state index in [2.05, 4.69) is 0 Å². The Kier molecular flexibility index (Phi) is 4.98. The van der Waals surface area contributed by atoms with Crippen LogP contribution in [0.1, 0.15) is 17.2 Å². The number of aliphatic hydroxyl groups excluding tert-OH is 1. The van der Waals surface area contributed by atoms with E-state index in [0.29, 0.717) is 12.3 Å². The Balaban J connectivity index is 1.95. The summed E-state index contributed by atoms with van der Waals surface area (Å²) in [6, 6.07) is 14.8. The van der Waals surface area contributed by atoms with Crippen molar-refractivity contribution in [1.82, 2.24) is 0 Å². The van der Waals surface area contributed by atoms with Crippen molar-refractivity contribution in [1.29, 1.82) is 0 Å². The Hall–Kier alpha value is -2.04. The highest BCUT2D eigenvalue weighted by Gasteiger charge is 2.08. The van der Waals surface area contributed by atoms with Crippen molar-refractivity contribution in [2.45, 2.75) is 12.6 Å². The third-order valence-electron chi connectivity index (χ3n) is 3.05. The first-order valence-electron chi connectivity index (χ1n) is 6.46. The van der Waals surface area contributed by atoms with E-state index in [1.165, 1.54) is 0 Å². The maximum atomic E-state index is 10.1. The molecule has 0 fully saturated rings. The normalized spacial score (nSPS) is 11.9. The van der Waals surface area contributed by atoms with E-state index < -0.39 is 6.10 Å². The molecule has 2 aromatic carbocycles. The van der Waals surface area contributed by atoms with E-state index in [0.717, 1.165) is 16.9 Å². The summed E-state index contributed by atoms with van der Waals surface area (Å²) in [6.45, 7) is 0.686. The predicted molar refractivity (Wildman–Crippen MR) is 77.8 cm³/mol. The zero-order valence-electron chi connectivity index (χ0n) is 11.5. The molecule has 0 spiro atoms. The van der Waals surface area contributed by atoms with Gasteiger partial charge in [0.1, 0.15) is 24.2 Å². The molecule has 3 N–H and O–H groups in total. The number of aliphatic hydroxyl groups is 1. The molecule has 4 nitrogen and oxygen atoms in total. The number of rotatable bonds is 6. The number of hydrogen-bond acceptors (Lipinski definition) is 4. The van der Waals surface area contributed by atoms with Crippen LogP contribution in [0.25, 0.3) is 0 Å². The van der Waals surface area contributed by atoms with Crippen LogP contribution in [0, 0.1) is 0 Å². The van der Waals surface area contributed by atoms with Gasteiger partial charge < -0.3 is 20.3 Å². The van der Waals surface area contributed by atoms with Crippen molar-refractivity contribution in [3.63, 3.8) is 0 Å². The first-order chi connectivity index (χ1) is 9.72. The van der Waals surface area contributed by atoms with Crippen LogP contribution in [0.5, 0.6) is 11.5 Å². The average Bonchev–Trinajstić information content (AvgIpc) is 2.53. The van der Waals surface area contributed by atoms with Crippen LogP contribution in [0.3, 0.4) is 0 Å². The molecular weight excluding hydrogens is 254 g/mol. The highest BCUT2D eigenvalue weighted by molar-refractivity contribution is 5.33. The van der Waals surface area contributed by atoms with Gasteiger partial charge >= 0.3 is 0 Å². The maximum absolute atomic E-state index is 10.1. The van der Waals surface area contributed by atoms with Crippen molar-refractivity contribution in [3.8, 4) is 11.5 Å². The third-order valence-corrected chi connectivity index (χ3v) is 3.05. The molecule has 0 saturated heterocycles. The fourth-order valence-electron chi connectivity index (χ4n) is 1.84. The van der Waals surface area contributed by atoms with Gasteiger partial charge in [0, 0.05) is 12.6 Å². The molecule has 2 aromatic rings. The summed E-state index contributed by atoms with van der Waals surface area (Å²) < 4.78 is 10.7. The van der Waals surface area contributed by atoms with Gasteiger partial charge in [-0.25, -0.2) is 0 Å². The third kappa shape index (κ3) is 3.73. The fourth-order valence-corrected chi connectivity index (χ4v) is 1.84. The van der Waals surface area contributed by atoms with Gasteiger partial charge in [-0.15, -0.1) is 0 Å². The Bertz CT molecular complexity index is 540. The molecule has 0 saturated carbocycles. The molecule has 0 aromatic heterocycles. The number of methoxy groups -OCH3 is 1. The molecule has 4 heteroatoms. The summed E-state index contributed by atoms with van der Waals surface area (Å²) in [7, 11) is 1.60. The Morgan fingerprint density at radius 1 is 1.10 bits per heavy atom. The van der Waals surface area contributed by atoms with Gasteiger partial charge in [0.05, 0.1) is 7.11 Å². The minimum atomic E-state index is -0.673. The molecule has 0 aliphatic rings. The molecule has 0 radical (unpaired) electrons. The zero-order chi connectivity index (χ0) is 14.4. The lowest BCUT2D eigenvalue weighted by atomic mass is 10.1. The quantitative estimate of drug-likeness (QED) is 0.847. The van der Waals surface area contributed by atoms with E-state index >= 15 is 0 Å². The number of hydrogen-bond donors (Lipinski definition) is 2. The molecule has 0 aliphatic carbocycles. The number of ether oxygens (including phenoxy) is 2. The molecule has 0 aliphatic heterocycles. The van der Waals surface area contributed by atoms with E-state index in [1.807, 2.05) is 42.5 Å². The summed E-state index contributed by atoms with van der Waals surface area (Å²) in [5.41, 5.74) is 7.39. The van der Waals surface area contributed by atoms with Crippen LogP contribution >= 0.6 is 0 Å². The molecular formula is C16H19NO3. The molecule has 2 rings (SSSR count). The van der Waals surface area contributed by atoms with Crippen LogP contribution in [-0.2, 0) is 6.54 Å². The molecule has 20 heavy (non-hydrogen) atoms. The Labute approximate surface area is 118 Å². The van der Waals surface area contributed by atoms with Crippen molar-refractivity contribution in [3.05, 3.63) is 59.7 Å². The first kappa shape index (κ1) is 14.4. The van der Waals surface area contributed by atoms with E-state index in [9.17, 15) is 5.11 Å². The lowest BCUT2D eigenvalue weighted by molar-refractivity contribution is 0.108. The number of nitrogens with two attached hydrogens (primary N) is 1. The molecule has 1 unspecified atom stereocenters. The van der Waals surface area contributed by atoms with Crippen LogP contribution in [-0.4, -0.2) is 18.8 Å². The van der Waals surface area contributed by atoms with Gasteiger partial charge in [0.2, 0.25) is 0 Å². The van der Waals surface area contributed by atoms with Gasteiger partial charge in [0.25, 0.3) is 0 Å². The van der Waals surface area contributed by atoms with Crippen LogP contribution in [0.2, 0.25) is 0 Å². The largest absolute Gasteiger partial charge is 0.497 e. The van der Waals surface area contributed by atoms with Crippen molar-refractivity contribution < 1.29 is 14.6 Å². The predicted octanol–water partition coefficient (Wildman–Crippen LogP) is 2.27. The second-order valence-corrected chi connectivity index (χ2v) is 4.45. The zero-order valence-corrected chi connectivity index (χ0v) is 11.5. The minimum absolute atomic E-state index is 0.190. The molecule has 0 heterocycles. The Morgan fingerprint density at radius 3 is 2.45 bits per heavy atom. The maximum Gasteiger partial charge on any atom is 0.123 e.